The molecule has 1 saturated heterocycles. The predicted molar refractivity (Wildman–Crippen MR) is 122 cm³/mol. The van der Waals surface area contributed by atoms with Crippen molar-refractivity contribution in [2.24, 2.45) is 0 Å². The van der Waals surface area contributed by atoms with Crippen LogP contribution in [-0.2, 0) is 12.3 Å². The molecule has 1 N–H and O–H groups in total. The monoisotopic (exact) mass is 456 g/mol. The standard InChI is InChI=1S/C23H22ClFN4OS/c24-20-13-21(29-10-1-2-11-29)28-23(27-20)31-15-17-4-3-5-18(12-17)22(30)26-14-16-6-8-19(25)9-7-16/h3-9,12-13H,1-2,10-11,14-15H2,(H,26,30). The van der Waals surface area contributed by atoms with Gasteiger partial charge in [0.1, 0.15) is 16.8 Å². The van der Waals surface area contributed by atoms with Crippen molar-refractivity contribution in [1.82, 2.24) is 15.3 Å². The van der Waals surface area contributed by atoms with Crippen molar-refractivity contribution in [2.75, 3.05) is 18.0 Å². The number of rotatable bonds is 7. The van der Waals surface area contributed by atoms with Crippen LogP contribution in [0, 0.1) is 5.82 Å². The first-order valence-electron chi connectivity index (χ1n) is 10.1. The maximum atomic E-state index is 13.0. The summed E-state index contributed by atoms with van der Waals surface area (Å²) in [4.78, 5) is 23.7. The molecule has 4 rings (SSSR count). The first-order chi connectivity index (χ1) is 15.1. The number of hydrogen-bond acceptors (Lipinski definition) is 5. The molecule has 0 atom stereocenters. The molecule has 0 saturated carbocycles. The molecule has 1 amide bonds. The maximum absolute atomic E-state index is 13.0. The summed E-state index contributed by atoms with van der Waals surface area (Å²) >= 11 is 7.70. The van der Waals surface area contributed by atoms with E-state index in [1.54, 1.807) is 18.2 Å². The Morgan fingerprint density at radius 2 is 1.84 bits per heavy atom. The number of hydrogen-bond donors (Lipinski definition) is 1. The van der Waals surface area contributed by atoms with Crippen LogP contribution in [0.2, 0.25) is 5.15 Å². The fourth-order valence-corrected chi connectivity index (χ4v) is 4.42. The summed E-state index contributed by atoms with van der Waals surface area (Å²) in [6, 6.07) is 15.3. The van der Waals surface area contributed by atoms with Gasteiger partial charge in [0.2, 0.25) is 0 Å². The minimum Gasteiger partial charge on any atom is -0.356 e. The van der Waals surface area contributed by atoms with Crippen molar-refractivity contribution in [1.29, 1.82) is 0 Å². The minimum atomic E-state index is -0.295. The smallest absolute Gasteiger partial charge is 0.251 e. The van der Waals surface area contributed by atoms with Gasteiger partial charge in [0.25, 0.3) is 5.91 Å². The van der Waals surface area contributed by atoms with Gasteiger partial charge >= 0.3 is 0 Å². The summed E-state index contributed by atoms with van der Waals surface area (Å²) in [6.07, 6.45) is 2.33. The first kappa shape index (κ1) is 21.6. The van der Waals surface area contributed by atoms with Gasteiger partial charge in [0, 0.05) is 37.0 Å². The van der Waals surface area contributed by atoms with Gasteiger partial charge in [-0.05, 0) is 48.2 Å². The number of amides is 1. The van der Waals surface area contributed by atoms with Gasteiger partial charge in [-0.1, -0.05) is 47.6 Å². The lowest BCUT2D eigenvalue weighted by Crippen LogP contribution is -2.22. The van der Waals surface area contributed by atoms with Crippen LogP contribution in [0.25, 0.3) is 0 Å². The highest BCUT2D eigenvalue weighted by molar-refractivity contribution is 7.98. The van der Waals surface area contributed by atoms with Crippen molar-refractivity contribution < 1.29 is 9.18 Å². The molecule has 0 aliphatic carbocycles. The molecule has 3 aromatic rings. The lowest BCUT2D eigenvalue weighted by Gasteiger charge is -2.16. The van der Waals surface area contributed by atoms with Crippen LogP contribution in [0.15, 0.2) is 59.8 Å². The predicted octanol–water partition coefficient (Wildman–Crippen LogP) is 5.09. The number of anilines is 1. The molecule has 160 valence electrons. The van der Waals surface area contributed by atoms with E-state index in [-0.39, 0.29) is 11.7 Å². The van der Waals surface area contributed by atoms with Gasteiger partial charge < -0.3 is 10.2 Å². The van der Waals surface area contributed by atoms with Crippen molar-refractivity contribution in [3.8, 4) is 0 Å². The largest absolute Gasteiger partial charge is 0.356 e. The van der Waals surface area contributed by atoms with Crippen LogP contribution in [-0.4, -0.2) is 29.0 Å². The quantitative estimate of drug-likeness (QED) is 0.305. The molecule has 5 nitrogen and oxygen atoms in total. The van der Waals surface area contributed by atoms with Gasteiger partial charge in [-0.3, -0.25) is 4.79 Å². The summed E-state index contributed by atoms with van der Waals surface area (Å²) in [5.41, 5.74) is 2.41. The van der Waals surface area contributed by atoms with E-state index < -0.39 is 0 Å². The Bertz CT molecular complexity index is 1060. The SMILES string of the molecule is O=C(NCc1ccc(F)cc1)c1cccc(CSc2nc(Cl)cc(N3CCCC3)n2)c1. The molecule has 0 bridgehead atoms. The zero-order valence-electron chi connectivity index (χ0n) is 16.9. The summed E-state index contributed by atoms with van der Waals surface area (Å²) in [7, 11) is 0. The van der Waals surface area contributed by atoms with E-state index in [0.29, 0.717) is 28.2 Å². The summed E-state index contributed by atoms with van der Waals surface area (Å²) in [5, 5.41) is 3.93. The van der Waals surface area contributed by atoms with Crippen LogP contribution >= 0.6 is 23.4 Å². The Morgan fingerprint density at radius 3 is 2.61 bits per heavy atom. The molecule has 8 heteroatoms. The number of aromatic nitrogens is 2. The maximum Gasteiger partial charge on any atom is 0.251 e. The Kier molecular flexibility index (Phi) is 7.04. The third-order valence-electron chi connectivity index (χ3n) is 5.01. The fourth-order valence-electron chi connectivity index (χ4n) is 3.40. The summed E-state index contributed by atoms with van der Waals surface area (Å²) in [6.45, 7) is 2.33. The molecule has 1 fully saturated rings. The molecular weight excluding hydrogens is 435 g/mol. The molecule has 1 aliphatic heterocycles. The van der Waals surface area contributed by atoms with Crippen molar-refractivity contribution in [3.05, 3.63) is 82.3 Å². The zero-order valence-corrected chi connectivity index (χ0v) is 18.4. The molecule has 2 heterocycles. The van der Waals surface area contributed by atoms with Crippen LogP contribution in [0.3, 0.4) is 0 Å². The minimum absolute atomic E-state index is 0.175. The average Bonchev–Trinajstić information content (AvgIpc) is 3.32. The second-order valence-electron chi connectivity index (χ2n) is 7.32. The topological polar surface area (TPSA) is 58.1 Å². The number of benzene rings is 2. The second-order valence-corrected chi connectivity index (χ2v) is 8.65. The third-order valence-corrected chi connectivity index (χ3v) is 6.13. The van der Waals surface area contributed by atoms with E-state index in [0.717, 1.165) is 30.0 Å². The molecule has 0 spiro atoms. The first-order valence-corrected chi connectivity index (χ1v) is 11.5. The highest BCUT2D eigenvalue weighted by atomic mass is 35.5. The molecule has 2 aromatic carbocycles. The highest BCUT2D eigenvalue weighted by Gasteiger charge is 2.16. The normalized spacial score (nSPS) is 13.4. The van der Waals surface area contributed by atoms with Crippen molar-refractivity contribution >= 4 is 35.1 Å². The number of nitrogens with one attached hydrogen (secondary N) is 1. The van der Waals surface area contributed by atoms with E-state index >= 15 is 0 Å². The van der Waals surface area contributed by atoms with Gasteiger partial charge in [-0.25, -0.2) is 14.4 Å². The van der Waals surface area contributed by atoms with Gasteiger partial charge in [0.15, 0.2) is 5.16 Å². The zero-order chi connectivity index (χ0) is 21.6. The highest BCUT2D eigenvalue weighted by Crippen LogP contribution is 2.26. The summed E-state index contributed by atoms with van der Waals surface area (Å²) < 4.78 is 13.0. The molecule has 0 radical (unpaired) electrons. The molecular formula is C23H22ClFN4OS. The van der Waals surface area contributed by atoms with Crippen molar-refractivity contribution in [2.45, 2.75) is 30.3 Å². The Labute approximate surface area is 190 Å². The van der Waals surface area contributed by atoms with Gasteiger partial charge in [0.05, 0.1) is 0 Å². The molecule has 31 heavy (non-hydrogen) atoms. The third kappa shape index (κ3) is 5.95. The van der Waals surface area contributed by atoms with Gasteiger partial charge in [-0.2, -0.15) is 0 Å². The van der Waals surface area contributed by atoms with Crippen LogP contribution in [0.4, 0.5) is 10.2 Å². The van der Waals surface area contributed by atoms with E-state index in [9.17, 15) is 9.18 Å². The molecule has 1 aromatic heterocycles. The number of halogens is 2. The Hall–Kier alpha value is -2.64. The Morgan fingerprint density at radius 1 is 1.06 bits per heavy atom. The average molecular weight is 457 g/mol. The number of nitrogens with zero attached hydrogens (tertiary/aromatic N) is 3. The van der Waals surface area contributed by atoms with E-state index in [2.05, 4.69) is 20.2 Å². The number of carbonyl (C=O) groups excluding carboxylic acids is 1. The van der Waals surface area contributed by atoms with Gasteiger partial charge in [-0.15, -0.1) is 0 Å². The molecule has 0 unspecified atom stereocenters. The number of thioether (sulfide) groups is 1. The van der Waals surface area contributed by atoms with E-state index in [1.807, 2.05) is 24.3 Å². The number of carbonyl (C=O) groups is 1. The van der Waals surface area contributed by atoms with Crippen LogP contribution < -0.4 is 10.2 Å². The van der Waals surface area contributed by atoms with E-state index in [4.69, 9.17) is 11.6 Å². The Balaban J connectivity index is 1.37. The van der Waals surface area contributed by atoms with Crippen molar-refractivity contribution in [3.63, 3.8) is 0 Å². The van der Waals surface area contributed by atoms with Crippen LogP contribution in [0.5, 0.6) is 0 Å². The summed E-state index contributed by atoms with van der Waals surface area (Å²) in [5.74, 6) is 1.02. The molecule has 1 aliphatic rings. The van der Waals surface area contributed by atoms with Crippen LogP contribution in [0.1, 0.15) is 34.3 Å². The lowest BCUT2D eigenvalue weighted by atomic mass is 10.1. The van der Waals surface area contributed by atoms with E-state index in [1.165, 1.54) is 36.7 Å². The lowest BCUT2D eigenvalue weighted by molar-refractivity contribution is 0.0951. The second kappa shape index (κ2) is 10.1. The fraction of sp³-hybridized carbons (Fsp3) is 0.261.